The highest BCUT2D eigenvalue weighted by Gasteiger charge is 2.33. The van der Waals surface area contributed by atoms with Gasteiger partial charge in [0.05, 0.1) is 22.4 Å². The lowest BCUT2D eigenvalue weighted by atomic mass is 9.91. The molecule has 0 aliphatic carbocycles. The van der Waals surface area contributed by atoms with Gasteiger partial charge >= 0.3 is 0 Å². The molecule has 0 radical (unpaired) electrons. The first-order valence-corrected chi connectivity index (χ1v) is 18.2. The highest BCUT2D eigenvalue weighted by atomic mass is 15.4. The van der Waals surface area contributed by atoms with Gasteiger partial charge in [-0.05, 0) is 80.4 Å². The fourth-order valence-corrected chi connectivity index (χ4v) is 8.48. The van der Waals surface area contributed by atoms with Crippen molar-refractivity contribution < 1.29 is 0 Å². The van der Waals surface area contributed by atoms with E-state index >= 15 is 0 Å². The lowest BCUT2D eigenvalue weighted by molar-refractivity contribution is 0.695. The summed E-state index contributed by atoms with van der Waals surface area (Å²) in [4.78, 5) is 10.0. The molecule has 8 aromatic rings. The van der Waals surface area contributed by atoms with Gasteiger partial charge in [-0.1, -0.05) is 140 Å². The molecule has 0 amide bonds. The van der Waals surface area contributed by atoms with E-state index in [1.54, 1.807) is 0 Å². The van der Waals surface area contributed by atoms with Gasteiger partial charge in [-0.3, -0.25) is 0 Å². The quantitative estimate of drug-likeness (QED) is 0.164. The van der Waals surface area contributed by atoms with Gasteiger partial charge in [-0.25, -0.2) is 4.98 Å². The number of aryl methyl sites for hydroxylation is 1. The van der Waals surface area contributed by atoms with Gasteiger partial charge < -0.3 is 14.4 Å². The predicted molar refractivity (Wildman–Crippen MR) is 223 cm³/mol. The maximum absolute atomic E-state index is 5.20. The predicted octanol–water partition coefficient (Wildman–Crippen LogP) is 12.2. The normalized spacial score (nSPS) is 15.1. The van der Waals surface area contributed by atoms with E-state index in [0.29, 0.717) is 0 Å². The minimum atomic E-state index is 0.123. The molecule has 254 valence electrons. The fraction of sp³-hybridized carbons (Fsp3) is 0.146. The number of nitrogens with zero attached hydrogens (tertiary/aromatic N) is 4. The molecule has 1 aliphatic heterocycles. The van der Waals surface area contributed by atoms with Crippen LogP contribution in [0.2, 0.25) is 0 Å². The van der Waals surface area contributed by atoms with Gasteiger partial charge in [0, 0.05) is 31.9 Å². The van der Waals surface area contributed by atoms with Gasteiger partial charge in [0.25, 0.3) is 0 Å². The zero-order chi connectivity index (χ0) is 35.5. The topological polar surface area (TPSA) is 24.3 Å². The monoisotopic (exact) mass is 674 g/mol. The smallest absolute Gasteiger partial charge is 0.136 e. The van der Waals surface area contributed by atoms with Gasteiger partial charge in [0.15, 0.2) is 0 Å². The third kappa shape index (κ3) is 5.01. The highest BCUT2D eigenvalue weighted by Crippen LogP contribution is 2.48. The van der Waals surface area contributed by atoms with Crippen molar-refractivity contribution in [2.45, 2.75) is 26.4 Å². The van der Waals surface area contributed by atoms with E-state index in [9.17, 15) is 0 Å². The number of hydrogen-bond acceptors (Lipinski definition) is 3. The molecule has 1 aromatic heterocycles. The largest absolute Gasteiger partial charge is 0.349 e. The summed E-state index contributed by atoms with van der Waals surface area (Å²) in [6.07, 6.45) is 5.55. The lowest BCUT2D eigenvalue weighted by Gasteiger charge is -2.28. The fourth-order valence-electron chi connectivity index (χ4n) is 8.48. The van der Waals surface area contributed by atoms with Crippen LogP contribution < -0.4 is 9.80 Å². The first-order chi connectivity index (χ1) is 25.4. The molecule has 1 unspecified atom stereocenters. The van der Waals surface area contributed by atoms with Crippen molar-refractivity contribution in [3.05, 3.63) is 163 Å². The van der Waals surface area contributed by atoms with Crippen LogP contribution in [-0.2, 0) is 7.05 Å². The standard InChI is InChI=1S/C48H42N4/c1-6-32(47-49-45-40-17-9-7-13-33(40)27-29-42(45)50(47)3)22-21-31(2)38-19-11-15-36-16-12-20-39(44(36)38)35-23-25-37(26-24-35)48-51(4)43-30-28-34-14-8-10-18-41(34)46(43)52(48)5/h7-30,48H,6H2,1-5H3/b31-21+,32-22+. The number of rotatable bonds is 6. The average Bonchev–Trinajstić information content (AvgIpc) is 3.66. The van der Waals surface area contributed by atoms with Crippen LogP contribution in [0.15, 0.2) is 146 Å². The summed E-state index contributed by atoms with van der Waals surface area (Å²) >= 11 is 0. The molecule has 0 saturated carbocycles. The number of aromatic nitrogens is 2. The Labute approximate surface area is 305 Å². The molecular formula is C48H42N4. The van der Waals surface area contributed by atoms with E-state index in [2.05, 4.69) is 195 Å². The molecule has 4 heteroatoms. The van der Waals surface area contributed by atoms with Gasteiger partial charge in [0.1, 0.15) is 12.0 Å². The van der Waals surface area contributed by atoms with Crippen LogP contribution >= 0.6 is 0 Å². The van der Waals surface area contributed by atoms with Crippen molar-refractivity contribution in [3.63, 3.8) is 0 Å². The van der Waals surface area contributed by atoms with Gasteiger partial charge in [0.2, 0.25) is 0 Å². The second-order valence-corrected chi connectivity index (χ2v) is 14.1. The Hall–Kier alpha value is -6.13. The molecule has 0 saturated heterocycles. The van der Waals surface area contributed by atoms with E-state index < -0.39 is 0 Å². The maximum Gasteiger partial charge on any atom is 0.136 e. The second kappa shape index (κ2) is 12.6. The van der Waals surface area contributed by atoms with Crippen molar-refractivity contribution in [1.82, 2.24) is 9.55 Å². The van der Waals surface area contributed by atoms with E-state index in [-0.39, 0.29) is 6.17 Å². The first kappa shape index (κ1) is 31.8. The molecule has 0 bridgehead atoms. The number of hydrogen-bond donors (Lipinski definition) is 0. The maximum atomic E-state index is 5.20. The number of anilines is 2. The Morgan fingerprint density at radius 2 is 1.33 bits per heavy atom. The lowest BCUT2D eigenvalue weighted by Crippen LogP contribution is -2.30. The third-order valence-corrected chi connectivity index (χ3v) is 11.2. The number of benzene rings is 7. The van der Waals surface area contributed by atoms with Crippen LogP contribution in [0.4, 0.5) is 11.4 Å². The average molecular weight is 675 g/mol. The van der Waals surface area contributed by atoms with Gasteiger partial charge in [-0.2, -0.15) is 0 Å². The number of imidazole rings is 1. The molecular weight excluding hydrogens is 633 g/mol. The highest BCUT2D eigenvalue weighted by molar-refractivity contribution is 6.06. The molecule has 4 nitrogen and oxygen atoms in total. The minimum Gasteiger partial charge on any atom is -0.349 e. The number of fused-ring (bicyclic) bond motifs is 7. The second-order valence-electron chi connectivity index (χ2n) is 14.1. The summed E-state index contributed by atoms with van der Waals surface area (Å²) in [7, 11) is 6.56. The van der Waals surface area contributed by atoms with Crippen molar-refractivity contribution in [2.24, 2.45) is 7.05 Å². The molecule has 0 spiro atoms. The van der Waals surface area contributed by atoms with Crippen LogP contribution in [0.25, 0.3) is 65.6 Å². The summed E-state index contributed by atoms with van der Waals surface area (Å²) in [6, 6.07) is 48.6. The van der Waals surface area contributed by atoms with Crippen molar-refractivity contribution in [3.8, 4) is 11.1 Å². The van der Waals surface area contributed by atoms with Crippen molar-refractivity contribution >= 4 is 65.9 Å². The molecule has 0 N–H and O–H groups in total. The Morgan fingerprint density at radius 1 is 0.654 bits per heavy atom. The van der Waals surface area contributed by atoms with Crippen LogP contribution in [-0.4, -0.2) is 23.6 Å². The summed E-state index contributed by atoms with van der Waals surface area (Å²) in [5.41, 5.74) is 12.2. The third-order valence-electron chi connectivity index (χ3n) is 11.2. The summed E-state index contributed by atoms with van der Waals surface area (Å²) < 4.78 is 2.24. The van der Waals surface area contributed by atoms with Gasteiger partial charge in [-0.15, -0.1) is 0 Å². The summed E-state index contributed by atoms with van der Waals surface area (Å²) in [5, 5.41) is 7.50. The summed E-state index contributed by atoms with van der Waals surface area (Å²) in [6.45, 7) is 4.45. The molecule has 0 fully saturated rings. The Morgan fingerprint density at radius 3 is 2.10 bits per heavy atom. The zero-order valence-corrected chi connectivity index (χ0v) is 30.4. The van der Waals surface area contributed by atoms with Crippen molar-refractivity contribution in [1.29, 1.82) is 0 Å². The van der Waals surface area contributed by atoms with Crippen LogP contribution in [0.1, 0.15) is 43.4 Å². The molecule has 2 heterocycles. The Balaban J connectivity index is 1.07. The Kier molecular flexibility index (Phi) is 7.70. The molecule has 7 aromatic carbocycles. The summed E-state index contributed by atoms with van der Waals surface area (Å²) in [5.74, 6) is 1.02. The Bertz CT molecular complexity index is 2720. The van der Waals surface area contributed by atoms with Crippen LogP contribution in [0.3, 0.4) is 0 Å². The minimum absolute atomic E-state index is 0.123. The molecule has 1 aliphatic rings. The number of allylic oxidation sites excluding steroid dienone is 4. The van der Waals surface area contributed by atoms with E-state index in [0.717, 1.165) is 23.3 Å². The zero-order valence-electron chi connectivity index (χ0n) is 30.4. The SMILES string of the molecule is CC/C(=C\C=C(/C)c1cccc2cccc(-c3ccc(C4N(C)c5ccc6ccccc6c5N4C)cc3)c12)c1nc2c3ccccc3ccc2n1C. The van der Waals surface area contributed by atoms with Crippen LogP contribution in [0.5, 0.6) is 0 Å². The van der Waals surface area contributed by atoms with Crippen molar-refractivity contribution in [2.75, 3.05) is 23.9 Å². The van der Waals surface area contributed by atoms with E-state index in [1.807, 2.05) is 0 Å². The molecule has 52 heavy (non-hydrogen) atoms. The van der Waals surface area contributed by atoms with E-state index in [1.165, 1.54) is 77.1 Å². The van der Waals surface area contributed by atoms with E-state index in [4.69, 9.17) is 4.98 Å². The molecule has 9 rings (SSSR count). The molecule has 1 atom stereocenters. The first-order valence-electron chi connectivity index (χ1n) is 18.2. The van der Waals surface area contributed by atoms with Crippen LogP contribution in [0, 0.1) is 0 Å².